The number of fused-ring (bicyclic) bond motifs is 1. The SMILES string of the molecule is O=C=Nc1c[nH]c2cccc(Cl)c12. The van der Waals surface area contributed by atoms with E-state index in [0.717, 1.165) is 10.9 Å². The van der Waals surface area contributed by atoms with E-state index in [1.807, 2.05) is 12.1 Å². The molecule has 0 saturated carbocycles. The molecule has 0 atom stereocenters. The summed E-state index contributed by atoms with van der Waals surface area (Å²) in [5.74, 6) is 0. The van der Waals surface area contributed by atoms with Crippen molar-refractivity contribution in [2.45, 2.75) is 0 Å². The molecule has 0 aliphatic rings. The van der Waals surface area contributed by atoms with E-state index in [1.165, 1.54) is 6.08 Å². The standard InChI is InChI=1S/C9H5ClN2O/c10-6-2-1-3-7-9(6)8(4-11-7)12-5-13/h1-4,11H. The number of hydrogen-bond acceptors (Lipinski definition) is 2. The summed E-state index contributed by atoms with van der Waals surface area (Å²) in [4.78, 5) is 16.6. The van der Waals surface area contributed by atoms with Gasteiger partial charge < -0.3 is 4.98 Å². The molecule has 3 nitrogen and oxygen atoms in total. The first kappa shape index (κ1) is 8.05. The number of aromatic nitrogens is 1. The highest BCUT2D eigenvalue weighted by molar-refractivity contribution is 6.36. The Labute approximate surface area is 79.0 Å². The highest BCUT2D eigenvalue weighted by Gasteiger charge is 2.05. The first-order valence-electron chi connectivity index (χ1n) is 3.66. The molecule has 2 aromatic rings. The van der Waals surface area contributed by atoms with Gasteiger partial charge in [0.05, 0.1) is 5.02 Å². The molecule has 0 unspecified atom stereocenters. The van der Waals surface area contributed by atoms with Crippen LogP contribution in [0.4, 0.5) is 5.69 Å². The van der Waals surface area contributed by atoms with Crippen LogP contribution in [0.3, 0.4) is 0 Å². The quantitative estimate of drug-likeness (QED) is 0.548. The average molecular weight is 193 g/mol. The van der Waals surface area contributed by atoms with E-state index in [4.69, 9.17) is 11.6 Å². The van der Waals surface area contributed by atoms with Gasteiger partial charge >= 0.3 is 0 Å². The van der Waals surface area contributed by atoms with Crippen LogP contribution in [0, 0.1) is 0 Å². The van der Waals surface area contributed by atoms with Crippen molar-refractivity contribution < 1.29 is 4.79 Å². The number of benzene rings is 1. The monoisotopic (exact) mass is 192 g/mol. The minimum atomic E-state index is 0.524. The van der Waals surface area contributed by atoms with Crippen LogP contribution in [0.15, 0.2) is 29.4 Å². The molecular weight excluding hydrogens is 188 g/mol. The zero-order valence-electron chi connectivity index (χ0n) is 6.54. The number of aromatic amines is 1. The molecule has 0 radical (unpaired) electrons. The molecular formula is C9H5ClN2O. The number of isocyanates is 1. The molecule has 1 N–H and O–H groups in total. The lowest BCUT2D eigenvalue weighted by atomic mass is 10.2. The number of halogens is 1. The lowest BCUT2D eigenvalue weighted by Crippen LogP contribution is -1.68. The molecule has 0 fully saturated rings. The fourth-order valence-corrected chi connectivity index (χ4v) is 1.53. The number of aliphatic imine (C=N–C) groups is 1. The zero-order valence-corrected chi connectivity index (χ0v) is 7.30. The van der Waals surface area contributed by atoms with Gasteiger partial charge in [0, 0.05) is 17.1 Å². The second-order valence-electron chi connectivity index (χ2n) is 2.54. The van der Waals surface area contributed by atoms with E-state index in [0.29, 0.717) is 10.7 Å². The number of nitrogens with one attached hydrogen (secondary N) is 1. The Hall–Kier alpha value is -1.57. The van der Waals surface area contributed by atoms with Crippen molar-refractivity contribution in [2.75, 3.05) is 0 Å². The van der Waals surface area contributed by atoms with Gasteiger partial charge in [-0.1, -0.05) is 17.7 Å². The van der Waals surface area contributed by atoms with Gasteiger partial charge in [-0.15, -0.1) is 0 Å². The van der Waals surface area contributed by atoms with Crippen molar-refractivity contribution in [3.63, 3.8) is 0 Å². The normalized spacial score (nSPS) is 9.92. The summed E-state index contributed by atoms with van der Waals surface area (Å²) in [6.45, 7) is 0. The van der Waals surface area contributed by atoms with Crippen molar-refractivity contribution in [2.24, 2.45) is 4.99 Å². The summed E-state index contributed by atoms with van der Waals surface area (Å²) in [5, 5.41) is 1.33. The second-order valence-corrected chi connectivity index (χ2v) is 2.95. The van der Waals surface area contributed by atoms with E-state index < -0.39 is 0 Å². The summed E-state index contributed by atoms with van der Waals surface area (Å²) in [7, 11) is 0. The number of H-pyrrole nitrogens is 1. The second kappa shape index (κ2) is 3.05. The number of rotatable bonds is 1. The third-order valence-electron chi connectivity index (χ3n) is 1.80. The molecule has 2 rings (SSSR count). The van der Waals surface area contributed by atoms with Gasteiger partial charge in [-0.05, 0) is 12.1 Å². The summed E-state index contributed by atoms with van der Waals surface area (Å²) >= 11 is 5.93. The molecule has 0 amide bonds. The molecule has 1 aromatic heterocycles. The smallest absolute Gasteiger partial charge is 0.240 e. The highest BCUT2D eigenvalue weighted by Crippen LogP contribution is 2.31. The predicted molar refractivity (Wildman–Crippen MR) is 51.1 cm³/mol. The Morgan fingerprint density at radius 2 is 2.31 bits per heavy atom. The van der Waals surface area contributed by atoms with Crippen LogP contribution in [0.5, 0.6) is 0 Å². The van der Waals surface area contributed by atoms with E-state index in [9.17, 15) is 4.79 Å². The third kappa shape index (κ3) is 1.24. The van der Waals surface area contributed by atoms with Crippen molar-refractivity contribution in [1.29, 1.82) is 0 Å². The lowest BCUT2D eigenvalue weighted by Gasteiger charge is -1.92. The van der Waals surface area contributed by atoms with Crippen LogP contribution in [-0.4, -0.2) is 11.1 Å². The summed E-state index contributed by atoms with van der Waals surface area (Å²) in [5.41, 5.74) is 1.39. The van der Waals surface area contributed by atoms with Crippen molar-refractivity contribution in [3.05, 3.63) is 29.4 Å². The maximum absolute atomic E-state index is 10.1. The molecule has 1 aromatic carbocycles. The van der Waals surface area contributed by atoms with Crippen molar-refractivity contribution in [1.82, 2.24) is 4.98 Å². The predicted octanol–water partition coefficient (Wildman–Crippen LogP) is 2.79. The Kier molecular flexibility index (Phi) is 1.89. The molecule has 64 valence electrons. The topological polar surface area (TPSA) is 45.2 Å². The van der Waals surface area contributed by atoms with Crippen LogP contribution < -0.4 is 0 Å². The van der Waals surface area contributed by atoms with Crippen LogP contribution in [0.1, 0.15) is 0 Å². The highest BCUT2D eigenvalue weighted by atomic mass is 35.5. The summed E-state index contributed by atoms with van der Waals surface area (Å²) in [6, 6.07) is 5.45. The maximum atomic E-state index is 10.1. The number of carbonyl (C=O) groups excluding carboxylic acids is 1. The molecule has 0 aliphatic heterocycles. The van der Waals surface area contributed by atoms with Crippen LogP contribution in [0.2, 0.25) is 5.02 Å². The third-order valence-corrected chi connectivity index (χ3v) is 2.12. The molecule has 4 heteroatoms. The van der Waals surface area contributed by atoms with Gasteiger partial charge in [0.15, 0.2) is 0 Å². The maximum Gasteiger partial charge on any atom is 0.240 e. The molecule has 13 heavy (non-hydrogen) atoms. The van der Waals surface area contributed by atoms with Crippen LogP contribution >= 0.6 is 11.6 Å². The van der Waals surface area contributed by atoms with Crippen LogP contribution in [-0.2, 0) is 4.79 Å². The van der Waals surface area contributed by atoms with Gasteiger partial charge in [-0.2, -0.15) is 4.99 Å². The Morgan fingerprint density at radius 1 is 1.46 bits per heavy atom. The zero-order chi connectivity index (χ0) is 9.26. The number of hydrogen-bond donors (Lipinski definition) is 1. The van der Waals surface area contributed by atoms with Gasteiger partial charge in [0.1, 0.15) is 5.69 Å². The fraction of sp³-hybridized carbons (Fsp3) is 0. The molecule has 0 bridgehead atoms. The van der Waals surface area contributed by atoms with Crippen LogP contribution in [0.25, 0.3) is 10.9 Å². The van der Waals surface area contributed by atoms with Gasteiger partial charge in [-0.25, -0.2) is 4.79 Å². The average Bonchev–Trinajstić information content (AvgIpc) is 2.51. The van der Waals surface area contributed by atoms with Gasteiger partial charge in [0.25, 0.3) is 0 Å². The fourth-order valence-electron chi connectivity index (χ4n) is 1.26. The Balaban J connectivity index is 2.85. The van der Waals surface area contributed by atoms with E-state index in [1.54, 1.807) is 12.3 Å². The van der Waals surface area contributed by atoms with E-state index in [-0.39, 0.29) is 0 Å². The lowest BCUT2D eigenvalue weighted by molar-refractivity contribution is 0.565. The first-order chi connectivity index (χ1) is 6.33. The minimum absolute atomic E-state index is 0.524. The van der Waals surface area contributed by atoms with Gasteiger partial charge in [0.2, 0.25) is 6.08 Å². The summed E-state index contributed by atoms with van der Waals surface area (Å²) < 4.78 is 0. The minimum Gasteiger partial charge on any atom is -0.359 e. The van der Waals surface area contributed by atoms with Gasteiger partial charge in [-0.3, -0.25) is 0 Å². The summed E-state index contributed by atoms with van der Waals surface area (Å²) in [6.07, 6.45) is 3.11. The molecule has 0 aliphatic carbocycles. The number of nitrogens with zero attached hydrogens (tertiary/aromatic N) is 1. The van der Waals surface area contributed by atoms with E-state index >= 15 is 0 Å². The largest absolute Gasteiger partial charge is 0.359 e. The van der Waals surface area contributed by atoms with Crippen molar-refractivity contribution >= 4 is 34.3 Å². The van der Waals surface area contributed by atoms with Crippen molar-refractivity contribution in [3.8, 4) is 0 Å². The molecule has 0 spiro atoms. The first-order valence-corrected chi connectivity index (χ1v) is 4.04. The molecule has 1 heterocycles. The Bertz CT molecular complexity index is 497. The van der Waals surface area contributed by atoms with E-state index in [2.05, 4.69) is 9.98 Å². The Morgan fingerprint density at radius 3 is 3.08 bits per heavy atom. The molecule has 0 saturated heterocycles.